The molecule has 2 heterocycles. The summed E-state index contributed by atoms with van der Waals surface area (Å²) >= 11 is 3.09. The second-order valence-electron chi connectivity index (χ2n) is 5.18. The highest BCUT2D eigenvalue weighted by Crippen LogP contribution is 2.49. The summed E-state index contributed by atoms with van der Waals surface area (Å²) in [5.74, 6) is -0.00561. The van der Waals surface area contributed by atoms with Gasteiger partial charge in [-0.3, -0.25) is 9.69 Å². The number of thiazole rings is 1. The van der Waals surface area contributed by atoms with Crippen LogP contribution in [0.4, 0.5) is 16.5 Å². The number of hydrogen-bond donors (Lipinski definition) is 1. The van der Waals surface area contributed by atoms with Crippen molar-refractivity contribution in [1.29, 1.82) is 0 Å². The summed E-state index contributed by atoms with van der Waals surface area (Å²) in [6.45, 7) is 1.59. The zero-order valence-electron chi connectivity index (χ0n) is 12.3. The molecule has 2 aromatic carbocycles. The number of para-hydroxylation sites is 1. The Kier molecular flexibility index (Phi) is 3.36. The van der Waals surface area contributed by atoms with E-state index in [0.29, 0.717) is 5.13 Å². The minimum atomic E-state index is -0.00561. The lowest BCUT2D eigenvalue weighted by atomic mass is 10.1. The Bertz CT molecular complexity index is 920. The monoisotopic (exact) mass is 339 g/mol. The first-order chi connectivity index (χ1) is 11.1. The van der Waals surface area contributed by atoms with Gasteiger partial charge in [-0.25, -0.2) is 4.98 Å². The van der Waals surface area contributed by atoms with Gasteiger partial charge < -0.3 is 5.73 Å². The van der Waals surface area contributed by atoms with Gasteiger partial charge in [-0.2, -0.15) is 0 Å². The average molecular weight is 339 g/mol. The van der Waals surface area contributed by atoms with Crippen molar-refractivity contribution in [3.63, 3.8) is 0 Å². The van der Waals surface area contributed by atoms with Crippen molar-refractivity contribution in [3.8, 4) is 11.3 Å². The molecule has 3 aromatic rings. The molecule has 2 N–H and O–H groups in total. The fraction of sp³-hybridized carbons (Fsp3) is 0.0588. The van der Waals surface area contributed by atoms with E-state index in [4.69, 9.17) is 5.73 Å². The minimum absolute atomic E-state index is 0.00561. The summed E-state index contributed by atoms with van der Waals surface area (Å²) in [5, 5.41) is 2.47. The molecule has 23 heavy (non-hydrogen) atoms. The van der Waals surface area contributed by atoms with Crippen molar-refractivity contribution >= 4 is 45.5 Å². The molecule has 1 aromatic heterocycles. The van der Waals surface area contributed by atoms with Crippen molar-refractivity contribution in [2.45, 2.75) is 16.7 Å². The average Bonchev–Trinajstić information content (AvgIpc) is 2.98. The van der Waals surface area contributed by atoms with E-state index < -0.39 is 0 Å². The number of hydrogen-bond acceptors (Lipinski definition) is 5. The first-order valence-electron chi connectivity index (χ1n) is 7.06. The van der Waals surface area contributed by atoms with Crippen LogP contribution in [0.3, 0.4) is 0 Å². The number of nitrogens with zero attached hydrogens (tertiary/aromatic N) is 2. The predicted octanol–water partition coefficient (Wildman–Crippen LogP) is 4.54. The van der Waals surface area contributed by atoms with Crippen LogP contribution in [0.2, 0.25) is 0 Å². The van der Waals surface area contributed by atoms with E-state index in [1.54, 1.807) is 23.6 Å². The molecular formula is C17H13N3OS2. The standard InChI is InChI=1S/C17H13N3OS2/c1-10(21)20-13-4-2-3-5-15(13)23-16-7-6-11(8-14(16)20)12-9-22-17(18)19-12/h2-9H,1H3,(H2,18,19). The molecule has 4 rings (SSSR count). The molecule has 6 heteroatoms. The van der Waals surface area contributed by atoms with Gasteiger partial charge in [0.05, 0.1) is 17.1 Å². The number of rotatable bonds is 1. The van der Waals surface area contributed by atoms with Crippen molar-refractivity contribution in [2.75, 3.05) is 10.6 Å². The van der Waals surface area contributed by atoms with E-state index in [2.05, 4.69) is 4.98 Å². The molecule has 114 valence electrons. The summed E-state index contributed by atoms with van der Waals surface area (Å²) in [6.07, 6.45) is 0. The van der Waals surface area contributed by atoms with E-state index in [9.17, 15) is 4.79 Å². The highest BCUT2D eigenvalue weighted by atomic mass is 32.2. The number of amides is 1. The lowest BCUT2D eigenvalue weighted by Crippen LogP contribution is -2.25. The maximum atomic E-state index is 12.3. The Morgan fingerprint density at radius 3 is 2.65 bits per heavy atom. The van der Waals surface area contributed by atoms with Gasteiger partial charge in [0.15, 0.2) is 5.13 Å². The highest BCUT2D eigenvalue weighted by Gasteiger charge is 2.26. The van der Waals surface area contributed by atoms with Crippen LogP contribution in [0.5, 0.6) is 0 Å². The lowest BCUT2D eigenvalue weighted by molar-refractivity contribution is -0.115. The fourth-order valence-corrected chi connectivity index (χ4v) is 4.28. The van der Waals surface area contributed by atoms with E-state index >= 15 is 0 Å². The Morgan fingerprint density at radius 2 is 1.91 bits per heavy atom. The molecule has 1 aliphatic rings. The van der Waals surface area contributed by atoms with Crippen LogP contribution in [0.25, 0.3) is 11.3 Å². The maximum absolute atomic E-state index is 12.3. The molecule has 0 spiro atoms. The second kappa shape index (κ2) is 5.40. The Labute approximate surface area is 142 Å². The smallest absolute Gasteiger partial charge is 0.228 e. The number of carbonyl (C=O) groups excluding carboxylic acids is 1. The normalized spacial score (nSPS) is 12.7. The van der Waals surface area contributed by atoms with Crippen LogP contribution < -0.4 is 10.6 Å². The quantitative estimate of drug-likeness (QED) is 0.707. The van der Waals surface area contributed by atoms with Gasteiger partial charge in [0.1, 0.15) is 0 Å². The molecule has 0 saturated heterocycles. The van der Waals surface area contributed by atoms with Crippen molar-refractivity contribution in [3.05, 3.63) is 47.8 Å². The van der Waals surface area contributed by atoms with Gasteiger partial charge in [0.2, 0.25) is 5.91 Å². The largest absolute Gasteiger partial charge is 0.375 e. The third kappa shape index (κ3) is 2.40. The van der Waals surface area contributed by atoms with Crippen LogP contribution in [0.15, 0.2) is 57.6 Å². The number of nitrogen functional groups attached to an aromatic ring is 1. The van der Waals surface area contributed by atoms with Crippen LogP contribution in [0, 0.1) is 0 Å². The van der Waals surface area contributed by atoms with Gasteiger partial charge in [-0.1, -0.05) is 30.0 Å². The number of fused-ring (bicyclic) bond motifs is 2. The molecule has 0 atom stereocenters. The molecule has 0 saturated carbocycles. The zero-order chi connectivity index (χ0) is 16.0. The molecule has 0 aliphatic carbocycles. The second-order valence-corrected chi connectivity index (χ2v) is 7.15. The summed E-state index contributed by atoms with van der Waals surface area (Å²) in [7, 11) is 0. The van der Waals surface area contributed by atoms with E-state index in [-0.39, 0.29) is 5.91 Å². The Morgan fingerprint density at radius 1 is 1.13 bits per heavy atom. The van der Waals surface area contributed by atoms with Crippen LogP contribution in [-0.4, -0.2) is 10.9 Å². The summed E-state index contributed by atoms with van der Waals surface area (Å²) in [4.78, 5) is 20.5. The molecule has 0 bridgehead atoms. The summed E-state index contributed by atoms with van der Waals surface area (Å²) < 4.78 is 0. The van der Waals surface area contributed by atoms with Crippen LogP contribution >= 0.6 is 23.1 Å². The van der Waals surface area contributed by atoms with E-state index in [1.807, 2.05) is 47.8 Å². The van der Waals surface area contributed by atoms with Gasteiger partial charge >= 0.3 is 0 Å². The Hall–Kier alpha value is -2.31. The number of aromatic nitrogens is 1. The number of benzene rings is 2. The SMILES string of the molecule is CC(=O)N1c2ccccc2Sc2ccc(-c3csc(N)n3)cc21. The molecule has 1 aliphatic heterocycles. The molecule has 0 radical (unpaired) electrons. The van der Waals surface area contributed by atoms with Gasteiger partial charge in [0.25, 0.3) is 0 Å². The van der Waals surface area contributed by atoms with Gasteiger partial charge in [0, 0.05) is 27.7 Å². The number of anilines is 3. The molecule has 1 amide bonds. The molecule has 4 nitrogen and oxygen atoms in total. The number of carbonyl (C=O) groups is 1. The maximum Gasteiger partial charge on any atom is 0.228 e. The first-order valence-corrected chi connectivity index (χ1v) is 8.76. The molecule has 0 fully saturated rings. The summed E-state index contributed by atoms with van der Waals surface area (Å²) in [5.41, 5.74) is 9.35. The van der Waals surface area contributed by atoms with Gasteiger partial charge in [-0.05, 0) is 24.3 Å². The highest BCUT2D eigenvalue weighted by molar-refractivity contribution is 7.99. The lowest BCUT2D eigenvalue weighted by Gasteiger charge is -2.30. The van der Waals surface area contributed by atoms with Gasteiger partial charge in [-0.15, -0.1) is 11.3 Å². The third-order valence-electron chi connectivity index (χ3n) is 3.66. The zero-order valence-corrected chi connectivity index (χ0v) is 13.9. The van der Waals surface area contributed by atoms with Crippen molar-refractivity contribution in [2.24, 2.45) is 0 Å². The third-order valence-corrected chi connectivity index (χ3v) is 5.46. The first kappa shape index (κ1) is 14.3. The van der Waals surface area contributed by atoms with E-state index in [0.717, 1.165) is 32.4 Å². The Balaban J connectivity index is 1.88. The van der Waals surface area contributed by atoms with Crippen LogP contribution in [0.1, 0.15) is 6.92 Å². The minimum Gasteiger partial charge on any atom is -0.375 e. The van der Waals surface area contributed by atoms with Crippen LogP contribution in [-0.2, 0) is 4.79 Å². The van der Waals surface area contributed by atoms with Crippen molar-refractivity contribution < 1.29 is 4.79 Å². The number of nitrogens with two attached hydrogens (primary N) is 1. The molecule has 0 unspecified atom stereocenters. The van der Waals surface area contributed by atoms with Crippen molar-refractivity contribution in [1.82, 2.24) is 4.98 Å². The van der Waals surface area contributed by atoms with E-state index in [1.165, 1.54) is 11.3 Å². The topological polar surface area (TPSA) is 59.2 Å². The molecular weight excluding hydrogens is 326 g/mol. The predicted molar refractivity (Wildman–Crippen MR) is 95.3 cm³/mol. The summed E-state index contributed by atoms with van der Waals surface area (Å²) in [6, 6.07) is 14.0. The fourth-order valence-electron chi connectivity index (χ4n) is 2.67.